The number of carboxylic acid groups (broad SMARTS) is 1. The van der Waals surface area contributed by atoms with Gasteiger partial charge in [-0.05, 0) is 44.4 Å². The average molecular weight is 496 g/mol. The number of hydrogen-bond donors (Lipinski definition) is 1. The van der Waals surface area contributed by atoms with Crippen LogP contribution in [0.4, 0.5) is 13.2 Å². The number of benzene rings is 1. The van der Waals surface area contributed by atoms with Crippen LogP contribution in [0.3, 0.4) is 0 Å². The molecule has 1 N–H and O–H groups in total. The minimum atomic E-state index is -4.37. The number of aromatic nitrogens is 1. The van der Waals surface area contributed by atoms with Gasteiger partial charge in [-0.3, -0.25) is 14.5 Å². The number of ether oxygens (including phenoxy) is 3. The van der Waals surface area contributed by atoms with Crippen LogP contribution < -0.4 is 19.9 Å². The summed E-state index contributed by atoms with van der Waals surface area (Å²) >= 11 is 0. The lowest BCUT2D eigenvalue weighted by Gasteiger charge is -2.44. The number of nitrogens with zero attached hydrogens (tertiary/aromatic N) is 2. The van der Waals surface area contributed by atoms with E-state index in [-0.39, 0.29) is 36.8 Å². The molecule has 0 amide bonds. The monoisotopic (exact) mass is 496 g/mol. The number of carboxylic acids is 1. The number of aromatic carboxylic acids is 1. The molecule has 2 aromatic rings. The minimum absolute atomic E-state index is 0.0972. The van der Waals surface area contributed by atoms with Gasteiger partial charge in [-0.1, -0.05) is 0 Å². The maximum atomic E-state index is 12.6. The Balaban J connectivity index is 1.68. The van der Waals surface area contributed by atoms with Gasteiger partial charge in [-0.2, -0.15) is 13.2 Å². The molecule has 4 rings (SSSR count). The fourth-order valence-corrected chi connectivity index (χ4v) is 4.82. The Morgan fingerprint density at radius 1 is 1.20 bits per heavy atom. The molecule has 35 heavy (non-hydrogen) atoms. The highest BCUT2D eigenvalue weighted by atomic mass is 19.4. The van der Waals surface area contributed by atoms with Gasteiger partial charge < -0.3 is 19.3 Å². The van der Waals surface area contributed by atoms with Gasteiger partial charge >= 0.3 is 12.1 Å². The molecule has 11 heteroatoms. The molecule has 0 unspecified atom stereocenters. The summed E-state index contributed by atoms with van der Waals surface area (Å²) in [5, 5.41) is 11.6. The fraction of sp³-hybridized carbons (Fsp3) is 0.500. The lowest BCUT2D eigenvalue weighted by atomic mass is 9.93. The third-order valence-corrected chi connectivity index (χ3v) is 6.37. The zero-order valence-electron chi connectivity index (χ0n) is 19.6. The van der Waals surface area contributed by atoms with Crippen molar-refractivity contribution >= 4 is 5.97 Å². The summed E-state index contributed by atoms with van der Waals surface area (Å²) in [4.78, 5) is 24.2. The highest BCUT2D eigenvalue weighted by Crippen LogP contribution is 2.50. The Bertz CT molecular complexity index is 1190. The number of hydrogen-bond acceptors (Lipinski definition) is 6. The van der Waals surface area contributed by atoms with Gasteiger partial charge in [-0.25, -0.2) is 4.79 Å². The Morgan fingerprint density at radius 2 is 1.94 bits per heavy atom. The number of fused-ring (bicyclic) bond motifs is 6. The Labute approximate surface area is 199 Å². The molecule has 0 spiro atoms. The molecule has 2 aliphatic heterocycles. The zero-order valence-corrected chi connectivity index (χ0v) is 19.6. The smallest absolute Gasteiger partial charge is 0.411 e. The third kappa shape index (κ3) is 4.82. The summed E-state index contributed by atoms with van der Waals surface area (Å²) in [5.74, 6) is -0.457. The highest BCUT2D eigenvalue weighted by molar-refractivity contribution is 5.88. The molecule has 0 aliphatic carbocycles. The van der Waals surface area contributed by atoms with Crippen molar-refractivity contribution in [3.8, 4) is 22.8 Å². The topological polar surface area (TPSA) is 90.2 Å². The molecular formula is C24H27F3N2O6. The molecule has 190 valence electrons. The first kappa shape index (κ1) is 24.9. The van der Waals surface area contributed by atoms with Crippen LogP contribution in [0.25, 0.3) is 11.3 Å². The van der Waals surface area contributed by atoms with E-state index in [0.29, 0.717) is 17.2 Å². The fourth-order valence-electron chi connectivity index (χ4n) is 4.82. The number of halogens is 3. The van der Waals surface area contributed by atoms with Gasteiger partial charge in [0.15, 0.2) is 16.9 Å². The van der Waals surface area contributed by atoms with Crippen molar-refractivity contribution in [2.75, 3.05) is 31.9 Å². The molecular weight excluding hydrogens is 469 g/mol. The van der Waals surface area contributed by atoms with E-state index in [1.807, 2.05) is 6.07 Å². The Hall–Kier alpha value is -3.21. The van der Waals surface area contributed by atoms with Crippen LogP contribution in [-0.4, -0.2) is 54.4 Å². The van der Waals surface area contributed by atoms with E-state index in [0.717, 1.165) is 24.0 Å². The van der Waals surface area contributed by atoms with Crippen molar-refractivity contribution < 1.29 is 37.3 Å². The van der Waals surface area contributed by atoms with E-state index in [2.05, 4.69) is 23.6 Å². The van der Waals surface area contributed by atoms with Crippen molar-refractivity contribution in [3.63, 3.8) is 0 Å². The molecule has 8 nitrogen and oxygen atoms in total. The zero-order chi connectivity index (χ0) is 25.5. The summed E-state index contributed by atoms with van der Waals surface area (Å²) in [7, 11) is 1.47. The molecule has 1 aromatic heterocycles. The van der Waals surface area contributed by atoms with E-state index in [4.69, 9.17) is 9.47 Å². The number of carbonyl (C=O) groups is 1. The summed E-state index contributed by atoms with van der Waals surface area (Å²) in [6.45, 7) is 2.85. The van der Waals surface area contributed by atoms with Gasteiger partial charge in [-0.15, -0.1) is 0 Å². The van der Waals surface area contributed by atoms with Crippen molar-refractivity contribution in [3.05, 3.63) is 45.7 Å². The standard InChI is InChI=1S/C24H27F3N2O6/c1-23(2)6-5-17-14-10-21(35-8-4-7-34-13-24(25,26)27)20(33-3)9-15(14)18-11-19(30)16(22(31)32)12-28(18)29(17)23/h9-12,17H,4-8,13H2,1-3H3,(H,31,32)/t17-/m1/s1. The second kappa shape index (κ2) is 9.10. The number of alkyl halides is 3. The van der Waals surface area contributed by atoms with Crippen LogP contribution in [0.15, 0.2) is 29.2 Å². The molecule has 2 aliphatic rings. The minimum Gasteiger partial charge on any atom is -0.493 e. The van der Waals surface area contributed by atoms with E-state index in [1.54, 1.807) is 10.7 Å². The Kier molecular flexibility index (Phi) is 6.48. The van der Waals surface area contributed by atoms with Crippen molar-refractivity contribution in [2.45, 2.75) is 50.9 Å². The molecule has 0 saturated carbocycles. The van der Waals surface area contributed by atoms with E-state index in [1.165, 1.54) is 19.4 Å². The summed E-state index contributed by atoms with van der Waals surface area (Å²) in [6, 6.07) is 4.81. The SMILES string of the molecule is COc1cc2c(cc1OCCCOCC(F)(F)F)[C@H]1CCC(C)(C)N1n1cc(C(=O)O)c(=O)cc1-2. The van der Waals surface area contributed by atoms with Crippen LogP contribution in [-0.2, 0) is 4.74 Å². The van der Waals surface area contributed by atoms with Gasteiger partial charge in [0, 0.05) is 24.2 Å². The van der Waals surface area contributed by atoms with Gasteiger partial charge in [0.05, 0.1) is 37.6 Å². The van der Waals surface area contributed by atoms with Crippen LogP contribution in [0.1, 0.15) is 55.1 Å². The number of pyridine rings is 1. The molecule has 1 aromatic carbocycles. The lowest BCUT2D eigenvalue weighted by molar-refractivity contribution is -0.174. The van der Waals surface area contributed by atoms with Crippen LogP contribution in [0.2, 0.25) is 0 Å². The van der Waals surface area contributed by atoms with Gasteiger partial charge in [0.25, 0.3) is 0 Å². The second-order valence-electron chi connectivity index (χ2n) is 9.26. The summed E-state index contributed by atoms with van der Waals surface area (Å²) < 4.78 is 54.4. The van der Waals surface area contributed by atoms with Crippen molar-refractivity contribution in [1.29, 1.82) is 0 Å². The van der Waals surface area contributed by atoms with E-state index in [9.17, 15) is 27.9 Å². The predicted molar refractivity (Wildman–Crippen MR) is 121 cm³/mol. The highest BCUT2D eigenvalue weighted by Gasteiger charge is 2.45. The largest absolute Gasteiger partial charge is 0.493 e. The molecule has 0 bridgehead atoms. The predicted octanol–water partition coefficient (Wildman–Crippen LogP) is 4.14. The third-order valence-electron chi connectivity index (χ3n) is 6.37. The molecule has 1 atom stereocenters. The van der Waals surface area contributed by atoms with E-state index < -0.39 is 24.2 Å². The average Bonchev–Trinajstić information content (AvgIpc) is 3.09. The number of methoxy groups -OCH3 is 1. The molecule has 1 saturated heterocycles. The van der Waals surface area contributed by atoms with Crippen LogP contribution in [0.5, 0.6) is 11.5 Å². The number of rotatable bonds is 8. The van der Waals surface area contributed by atoms with Crippen LogP contribution in [0, 0.1) is 0 Å². The quantitative estimate of drug-likeness (QED) is 0.550. The maximum Gasteiger partial charge on any atom is 0.411 e. The van der Waals surface area contributed by atoms with Crippen LogP contribution >= 0.6 is 0 Å². The molecule has 0 radical (unpaired) electrons. The molecule has 3 heterocycles. The van der Waals surface area contributed by atoms with Gasteiger partial charge in [0.2, 0.25) is 0 Å². The molecule has 1 fully saturated rings. The maximum absolute atomic E-state index is 12.6. The van der Waals surface area contributed by atoms with Gasteiger partial charge in [0.1, 0.15) is 12.2 Å². The van der Waals surface area contributed by atoms with Crippen molar-refractivity contribution in [1.82, 2.24) is 4.68 Å². The first-order chi connectivity index (χ1) is 16.4. The first-order valence-electron chi connectivity index (χ1n) is 11.2. The second-order valence-corrected chi connectivity index (χ2v) is 9.26. The summed E-state index contributed by atoms with van der Waals surface area (Å²) in [5.41, 5.74) is 0.977. The van der Waals surface area contributed by atoms with Crippen molar-refractivity contribution in [2.24, 2.45) is 0 Å². The summed E-state index contributed by atoms with van der Waals surface area (Å²) in [6.07, 6.45) is -1.10. The normalized spacial score (nSPS) is 18.0. The first-order valence-corrected chi connectivity index (χ1v) is 11.2. The van der Waals surface area contributed by atoms with E-state index >= 15 is 0 Å². The lowest BCUT2D eigenvalue weighted by Crippen LogP contribution is -2.50. The Morgan fingerprint density at radius 3 is 2.60 bits per heavy atom.